The number of nitrogens with zero attached hydrogens (tertiary/aromatic N) is 1. The van der Waals surface area contributed by atoms with E-state index < -0.39 is 0 Å². The van der Waals surface area contributed by atoms with E-state index in [2.05, 4.69) is 24.1 Å². The van der Waals surface area contributed by atoms with Crippen molar-refractivity contribution in [2.24, 2.45) is 5.92 Å². The van der Waals surface area contributed by atoms with E-state index in [1.807, 2.05) is 6.92 Å². The minimum absolute atomic E-state index is 0.166. The van der Waals surface area contributed by atoms with Gasteiger partial charge in [0.05, 0.1) is 6.10 Å². The lowest BCUT2D eigenvalue weighted by Gasteiger charge is -2.36. The van der Waals surface area contributed by atoms with Gasteiger partial charge in [0.2, 0.25) is 0 Å². The molecule has 1 fully saturated rings. The van der Waals surface area contributed by atoms with Crippen molar-refractivity contribution >= 4 is 0 Å². The quantitative estimate of drug-likeness (QED) is 0.715. The smallest absolute Gasteiger partial charge is 0.0524 e. The first-order chi connectivity index (χ1) is 8.09. The molecule has 0 aromatic carbocycles. The van der Waals surface area contributed by atoms with Crippen molar-refractivity contribution in [3.8, 4) is 0 Å². The molecule has 0 amide bonds. The van der Waals surface area contributed by atoms with E-state index in [4.69, 9.17) is 0 Å². The maximum Gasteiger partial charge on any atom is 0.0524 e. The molecule has 1 heterocycles. The summed E-state index contributed by atoms with van der Waals surface area (Å²) in [4.78, 5) is 2.56. The van der Waals surface area contributed by atoms with Crippen LogP contribution in [0.5, 0.6) is 0 Å². The largest absolute Gasteiger partial charge is 0.393 e. The summed E-state index contributed by atoms with van der Waals surface area (Å²) >= 11 is 0. The summed E-state index contributed by atoms with van der Waals surface area (Å²) < 4.78 is 0. The highest BCUT2D eigenvalue weighted by molar-refractivity contribution is 4.79. The maximum absolute atomic E-state index is 9.38. The standard InChI is InChI=1S/C14H30N2O/c1-12(2)10-15-11-14-6-4-5-8-16(14)9-7-13(3)17/h12-15,17H,4-11H2,1-3H3. The zero-order valence-electron chi connectivity index (χ0n) is 11.8. The fourth-order valence-corrected chi connectivity index (χ4v) is 2.48. The van der Waals surface area contributed by atoms with E-state index in [1.165, 1.54) is 25.8 Å². The van der Waals surface area contributed by atoms with Crippen molar-refractivity contribution in [2.45, 2.75) is 58.6 Å². The Morgan fingerprint density at radius 1 is 1.29 bits per heavy atom. The van der Waals surface area contributed by atoms with Gasteiger partial charge in [0.1, 0.15) is 0 Å². The van der Waals surface area contributed by atoms with Gasteiger partial charge in [-0.15, -0.1) is 0 Å². The predicted molar refractivity (Wildman–Crippen MR) is 73.2 cm³/mol. The highest BCUT2D eigenvalue weighted by Crippen LogP contribution is 2.17. The van der Waals surface area contributed by atoms with Crippen LogP contribution in [0.25, 0.3) is 0 Å². The molecule has 2 atom stereocenters. The molecule has 3 heteroatoms. The van der Waals surface area contributed by atoms with E-state index in [1.54, 1.807) is 0 Å². The van der Waals surface area contributed by atoms with Crippen molar-refractivity contribution in [3.05, 3.63) is 0 Å². The average Bonchev–Trinajstić information content (AvgIpc) is 2.27. The van der Waals surface area contributed by atoms with E-state index >= 15 is 0 Å². The molecule has 0 saturated carbocycles. The van der Waals surface area contributed by atoms with Crippen molar-refractivity contribution in [1.29, 1.82) is 0 Å². The van der Waals surface area contributed by atoms with Crippen molar-refractivity contribution in [3.63, 3.8) is 0 Å². The Kier molecular flexibility index (Phi) is 7.09. The Morgan fingerprint density at radius 2 is 2.06 bits per heavy atom. The van der Waals surface area contributed by atoms with Crippen molar-refractivity contribution in [2.75, 3.05) is 26.2 Å². The fraction of sp³-hybridized carbons (Fsp3) is 1.00. The summed E-state index contributed by atoms with van der Waals surface area (Å²) in [5.74, 6) is 0.726. The normalized spacial score (nSPS) is 24.2. The molecule has 1 saturated heterocycles. The molecule has 2 unspecified atom stereocenters. The van der Waals surface area contributed by atoms with Crippen molar-refractivity contribution in [1.82, 2.24) is 10.2 Å². The van der Waals surface area contributed by atoms with E-state index in [9.17, 15) is 5.11 Å². The van der Waals surface area contributed by atoms with Crippen LogP contribution in [0.15, 0.2) is 0 Å². The van der Waals surface area contributed by atoms with Crippen LogP contribution < -0.4 is 5.32 Å². The summed E-state index contributed by atoms with van der Waals surface area (Å²) in [5.41, 5.74) is 0. The van der Waals surface area contributed by atoms with Gasteiger partial charge in [-0.25, -0.2) is 0 Å². The number of aliphatic hydroxyl groups is 1. The lowest BCUT2D eigenvalue weighted by molar-refractivity contribution is 0.109. The molecule has 1 aliphatic heterocycles. The lowest BCUT2D eigenvalue weighted by atomic mass is 10.0. The number of hydrogen-bond acceptors (Lipinski definition) is 3. The molecule has 0 radical (unpaired) electrons. The van der Waals surface area contributed by atoms with Gasteiger partial charge in [0.25, 0.3) is 0 Å². The van der Waals surface area contributed by atoms with Gasteiger partial charge in [-0.05, 0) is 45.2 Å². The molecule has 1 aliphatic rings. The molecule has 0 bridgehead atoms. The van der Waals surface area contributed by atoms with E-state index in [0.717, 1.165) is 32.0 Å². The molecule has 17 heavy (non-hydrogen) atoms. The van der Waals surface area contributed by atoms with Gasteiger partial charge >= 0.3 is 0 Å². The number of aliphatic hydroxyl groups excluding tert-OH is 1. The Morgan fingerprint density at radius 3 is 2.71 bits per heavy atom. The van der Waals surface area contributed by atoms with Crippen LogP contribution >= 0.6 is 0 Å². The monoisotopic (exact) mass is 242 g/mol. The first-order valence-corrected chi connectivity index (χ1v) is 7.22. The van der Waals surface area contributed by atoms with E-state index in [-0.39, 0.29) is 6.10 Å². The van der Waals surface area contributed by atoms with Crippen LogP contribution in [-0.4, -0.2) is 48.3 Å². The Balaban J connectivity index is 2.26. The fourth-order valence-electron chi connectivity index (χ4n) is 2.48. The topological polar surface area (TPSA) is 35.5 Å². The van der Waals surface area contributed by atoms with Gasteiger partial charge in [-0.3, -0.25) is 4.90 Å². The summed E-state index contributed by atoms with van der Waals surface area (Å²) in [6.07, 6.45) is 4.73. The first kappa shape index (κ1) is 14.9. The van der Waals surface area contributed by atoms with Crippen LogP contribution in [0.3, 0.4) is 0 Å². The van der Waals surface area contributed by atoms with Gasteiger partial charge in [0.15, 0.2) is 0 Å². The van der Waals surface area contributed by atoms with Crippen LogP contribution in [0.1, 0.15) is 46.5 Å². The predicted octanol–water partition coefficient (Wildman–Crippen LogP) is 1.86. The van der Waals surface area contributed by atoms with Crippen LogP contribution in [0, 0.1) is 5.92 Å². The first-order valence-electron chi connectivity index (χ1n) is 7.22. The average molecular weight is 242 g/mol. The molecule has 1 rings (SSSR count). The summed E-state index contributed by atoms with van der Waals surface area (Å²) in [7, 11) is 0. The van der Waals surface area contributed by atoms with Gasteiger partial charge < -0.3 is 10.4 Å². The second-order valence-electron chi connectivity index (χ2n) is 5.88. The third kappa shape index (κ3) is 6.39. The summed E-state index contributed by atoms with van der Waals surface area (Å²) in [6, 6.07) is 0.682. The number of nitrogens with one attached hydrogen (secondary N) is 1. The van der Waals surface area contributed by atoms with Crippen LogP contribution in [-0.2, 0) is 0 Å². The Bertz CT molecular complexity index is 195. The number of hydrogen-bond donors (Lipinski definition) is 2. The zero-order valence-corrected chi connectivity index (χ0v) is 11.8. The Labute approximate surface area is 107 Å². The highest BCUT2D eigenvalue weighted by atomic mass is 16.3. The SMILES string of the molecule is CC(C)CNCC1CCCCN1CCC(C)O. The number of piperidine rings is 1. The second-order valence-corrected chi connectivity index (χ2v) is 5.88. The molecular formula is C14H30N2O. The maximum atomic E-state index is 9.38. The molecule has 0 aromatic heterocycles. The number of rotatable bonds is 7. The minimum atomic E-state index is -0.166. The van der Waals surface area contributed by atoms with Gasteiger partial charge in [0, 0.05) is 19.1 Å². The molecule has 0 aromatic rings. The molecule has 0 spiro atoms. The zero-order chi connectivity index (χ0) is 12.7. The van der Waals surface area contributed by atoms with Crippen LogP contribution in [0.4, 0.5) is 0 Å². The Hall–Kier alpha value is -0.120. The molecule has 3 nitrogen and oxygen atoms in total. The van der Waals surface area contributed by atoms with Crippen molar-refractivity contribution < 1.29 is 5.11 Å². The summed E-state index contributed by atoms with van der Waals surface area (Å²) in [5, 5.41) is 12.9. The summed E-state index contributed by atoms with van der Waals surface area (Å²) in [6.45, 7) is 10.9. The molecule has 0 aliphatic carbocycles. The van der Waals surface area contributed by atoms with Gasteiger partial charge in [-0.1, -0.05) is 20.3 Å². The molecule has 2 N–H and O–H groups in total. The highest BCUT2D eigenvalue weighted by Gasteiger charge is 2.21. The third-order valence-corrected chi connectivity index (χ3v) is 3.52. The van der Waals surface area contributed by atoms with E-state index in [0.29, 0.717) is 6.04 Å². The molecule has 102 valence electrons. The third-order valence-electron chi connectivity index (χ3n) is 3.52. The second kappa shape index (κ2) is 8.06. The lowest BCUT2D eigenvalue weighted by Crippen LogP contribution is -2.46. The van der Waals surface area contributed by atoms with Gasteiger partial charge in [-0.2, -0.15) is 0 Å². The molecular weight excluding hydrogens is 212 g/mol. The van der Waals surface area contributed by atoms with Crippen LogP contribution in [0.2, 0.25) is 0 Å². The number of likely N-dealkylation sites (tertiary alicyclic amines) is 1. The minimum Gasteiger partial charge on any atom is -0.393 e.